The molecule has 0 bridgehead atoms. The van der Waals surface area contributed by atoms with Gasteiger partial charge >= 0.3 is 0 Å². The van der Waals surface area contributed by atoms with Crippen LogP contribution in [0.4, 0.5) is 0 Å². The average Bonchev–Trinajstić information content (AvgIpc) is 3.37. The Bertz CT molecular complexity index is 870. The summed E-state index contributed by atoms with van der Waals surface area (Å²) in [4.78, 5) is 40.8. The molecule has 7 heteroatoms. The Morgan fingerprint density at radius 1 is 1.14 bits per heavy atom. The topological polar surface area (TPSA) is 95.7 Å². The van der Waals surface area contributed by atoms with Gasteiger partial charge in [-0.2, -0.15) is 0 Å². The molecule has 4 atom stereocenters. The second kappa shape index (κ2) is 7.22. The molecule has 3 N–H and O–H groups in total. The van der Waals surface area contributed by atoms with Crippen molar-refractivity contribution in [2.45, 2.75) is 69.7 Å². The Hall–Kier alpha value is -2.25. The molecule has 3 aliphatic heterocycles. The minimum absolute atomic E-state index is 0.105. The van der Waals surface area contributed by atoms with Gasteiger partial charge < -0.3 is 10.6 Å². The number of carbonyl (C=O) groups excluding carboxylic acids is 3. The molecule has 1 aromatic carbocycles. The fourth-order valence-electron chi connectivity index (χ4n) is 5.87. The van der Waals surface area contributed by atoms with E-state index in [1.165, 1.54) is 25.7 Å². The number of nitrogens with two attached hydrogens (primary N) is 1. The van der Waals surface area contributed by atoms with E-state index < -0.39 is 6.04 Å². The van der Waals surface area contributed by atoms with Crippen molar-refractivity contribution in [3.63, 3.8) is 0 Å². The van der Waals surface area contributed by atoms with Gasteiger partial charge in [0.15, 0.2) is 0 Å². The normalized spacial score (nSPS) is 31.9. The first-order valence-corrected chi connectivity index (χ1v) is 10.8. The minimum atomic E-state index is -0.560. The standard InChI is InChI=1S/C22H28N4O3/c23-10-16-9-14-2-1-3-18(14)25(16)11-13-4-5-15-12-26(22(29)17(15)8-13)19-6-7-20(27)24-21(19)28/h4-5,8,14,16,18-19H,1-3,6-7,9-12,23H2,(H,24,27,28)/t14-,16-,18-,19?/m0/s1. The molecular formula is C22H28N4O3. The van der Waals surface area contributed by atoms with Crippen LogP contribution in [0.15, 0.2) is 18.2 Å². The highest BCUT2D eigenvalue weighted by atomic mass is 16.2. The summed E-state index contributed by atoms with van der Waals surface area (Å²) in [6.07, 6.45) is 5.71. The van der Waals surface area contributed by atoms with Crippen molar-refractivity contribution < 1.29 is 14.4 Å². The van der Waals surface area contributed by atoms with Gasteiger partial charge in [0.1, 0.15) is 6.04 Å². The monoisotopic (exact) mass is 396 g/mol. The van der Waals surface area contributed by atoms with Crippen molar-refractivity contribution in [2.24, 2.45) is 11.7 Å². The maximum atomic E-state index is 13.0. The van der Waals surface area contributed by atoms with Gasteiger partial charge in [0.25, 0.3) is 5.91 Å². The first-order chi connectivity index (χ1) is 14.0. The van der Waals surface area contributed by atoms with Gasteiger partial charge in [-0.05, 0) is 48.8 Å². The molecule has 154 valence electrons. The SMILES string of the molecule is NC[C@@H]1C[C@@H]2CCC[C@@H]2N1Cc1ccc2c(c1)C(=O)N(C1CCC(=O)NC1=O)C2. The summed E-state index contributed by atoms with van der Waals surface area (Å²) >= 11 is 0. The lowest BCUT2D eigenvalue weighted by atomic mass is 10.0. The predicted octanol–water partition coefficient (Wildman–Crippen LogP) is 1.15. The van der Waals surface area contributed by atoms with Crippen molar-refractivity contribution in [3.8, 4) is 0 Å². The summed E-state index contributed by atoms with van der Waals surface area (Å²) in [5.41, 5.74) is 8.84. The molecule has 3 heterocycles. The fourth-order valence-corrected chi connectivity index (χ4v) is 5.87. The van der Waals surface area contributed by atoms with E-state index in [1.807, 2.05) is 12.1 Å². The second-order valence-corrected chi connectivity index (χ2v) is 8.95. The van der Waals surface area contributed by atoms with Gasteiger partial charge in [-0.3, -0.25) is 24.6 Å². The molecule has 0 aromatic heterocycles. The fraction of sp³-hybridized carbons (Fsp3) is 0.591. The third-order valence-electron chi connectivity index (χ3n) is 7.32. The van der Waals surface area contributed by atoms with E-state index in [-0.39, 0.29) is 24.1 Å². The van der Waals surface area contributed by atoms with Gasteiger partial charge in [-0.25, -0.2) is 0 Å². The van der Waals surface area contributed by atoms with Crippen molar-refractivity contribution in [2.75, 3.05) is 6.54 Å². The van der Waals surface area contributed by atoms with Gasteiger partial charge in [0.2, 0.25) is 11.8 Å². The molecule has 0 spiro atoms. The zero-order valence-corrected chi connectivity index (χ0v) is 16.6. The summed E-state index contributed by atoms with van der Waals surface area (Å²) in [5.74, 6) is 0.0373. The number of fused-ring (bicyclic) bond motifs is 2. The largest absolute Gasteiger partial charge is 0.329 e. The third kappa shape index (κ3) is 3.16. The number of nitrogens with one attached hydrogen (secondary N) is 1. The maximum absolute atomic E-state index is 13.0. The van der Waals surface area contributed by atoms with E-state index in [2.05, 4.69) is 16.3 Å². The summed E-state index contributed by atoms with van der Waals surface area (Å²) in [6, 6.07) is 6.61. The zero-order valence-electron chi connectivity index (χ0n) is 16.6. The maximum Gasteiger partial charge on any atom is 0.255 e. The molecule has 2 saturated heterocycles. The van der Waals surface area contributed by atoms with Crippen LogP contribution in [0.1, 0.15) is 60.0 Å². The third-order valence-corrected chi connectivity index (χ3v) is 7.32. The van der Waals surface area contributed by atoms with E-state index in [9.17, 15) is 14.4 Å². The summed E-state index contributed by atoms with van der Waals surface area (Å²) < 4.78 is 0. The van der Waals surface area contributed by atoms with E-state index in [4.69, 9.17) is 5.73 Å². The summed E-state index contributed by atoms with van der Waals surface area (Å²) in [5, 5.41) is 2.36. The number of hydrogen-bond donors (Lipinski definition) is 2. The minimum Gasteiger partial charge on any atom is -0.329 e. The van der Waals surface area contributed by atoms with Gasteiger partial charge in [0, 0.05) is 43.7 Å². The van der Waals surface area contributed by atoms with Crippen LogP contribution in [0.3, 0.4) is 0 Å². The van der Waals surface area contributed by atoms with Crippen molar-refractivity contribution in [1.29, 1.82) is 0 Å². The number of benzene rings is 1. The number of piperidine rings is 1. The molecule has 4 aliphatic rings. The first kappa shape index (κ1) is 18.8. The molecule has 29 heavy (non-hydrogen) atoms. The second-order valence-electron chi connectivity index (χ2n) is 8.95. The molecule has 3 amide bonds. The van der Waals surface area contributed by atoms with Crippen LogP contribution in [0.25, 0.3) is 0 Å². The molecule has 3 fully saturated rings. The smallest absolute Gasteiger partial charge is 0.255 e. The predicted molar refractivity (Wildman–Crippen MR) is 107 cm³/mol. The van der Waals surface area contributed by atoms with Crippen LogP contribution in [-0.2, 0) is 22.7 Å². The molecule has 1 saturated carbocycles. The van der Waals surface area contributed by atoms with Crippen molar-refractivity contribution in [1.82, 2.24) is 15.1 Å². The van der Waals surface area contributed by atoms with E-state index in [1.54, 1.807) is 4.90 Å². The van der Waals surface area contributed by atoms with Crippen molar-refractivity contribution in [3.05, 3.63) is 34.9 Å². The Kier molecular flexibility index (Phi) is 4.67. The molecule has 1 aliphatic carbocycles. The van der Waals surface area contributed by atoms with E-state index >= 15 is 0 Å². The highest BCUT2D eigenvalue weighted by Gasteiger charge is 2.43. The molecule has 1 unspecified atom stereocenters. The molecular weight excluding hydrogens is 368 g/mol. The lowest BCUT2D eigenvalue weighted by molar-refractivity contribution is -0.136. The highest BCUT2D eigenvalue weighted by molar-refractivity contribution is 6.05. The number of imide groups is 1. The van der Waals surface area contributed by atoms with E-state index in [0.29, 0.717) is 37.2 Å². The van der Waals surface area contributed by atoms with Crippen LogP contribution in [0, 0.1) is 5.92 Å². The Balaban J connectivity index is 1.34. The van der Waals surface area contributed by atoms with Gasteiger partial charge in [-0.15, -0.1) is 0 Å². The number of nitrogens with zero attached hydrogens (tertiary/aromatic N) is 2. The number of likely N-dealkylation sites (tertiary alicyclic amines) is 1. The quantitative estimate of drug-likeness (QED) is 0.745. The van der Waals surface area contributed by atoms with Crippen molar-refractivity contribution >= 4 is 17.7 Å². The average molecular weight is 396 g/mol. The Labute approximate surface area is 170 Å². The number of carbonyl (C=O) groups is 3. The number of hydrogen-bond acceptors (Lipinski definition) is 5. The van der Waals surface area contributed by atoms with Gasteiger partial charge in [0.05, 0.1) is 0 Å². The zero-order chi connectivity index (χ0) is 20.1. The van der Waals surface area contributed by atoms with Crippen LogP contribution in [-0.4, -0.2) is 52.2 Å². The molecule has 0 radical (unpaired) electrons. The molecule has 7 nitrogen and oxygen atoms in total. The van der Waals surface area contributed by atoms with Gasteiger partial charge in [-0.1, -0.05) is 18.6 Å². The number of rotatable bonds is 4. The van der Waals surface area contributed by atoms with E-state index in [0.717, 1.165) is 23.6 Å². The molecule has 1 aromatic rings. The highest BCUT2D eigenvalue weighted by Crippen LogP contribution is 2.42. The first-order valence-electron chi connectivity index (χ1n) is 10.8. The Morgan fingerprint density at radius 2 is 2.00 bits per heavy atom. The van der Waals surface area contributed by atoms with Crippen LogP contribution in [0.5, 0.6) is 0 Å². The van der Waals surface area contributed by atoms with Crippen LogP contribution in [0.2, 0.25) is 0 Å². The summed E-state index contributed by atoms with van der Waals surface area (Å²) in [7, 11) is 0. The van der Waals surface area contributed by atoms with Crippen LogP contribution >= 0.6 is 0 Å². The number of amides is 3. The lowest BCUT2D eigenvalue weighted by Crippen LogP contribution is -2.52. The summed E-state index contributed by atoms with van der Waals surface area (Å²) in [6.45, 7) is 1.93. The Morgan fingerprint density at radius 3 is 2.79 bits per heavy atom. The molecule has 5 rings (SSSR count). The van der Waals surface area contributed by atoms with Crippen LogP contribution < -0.4 is 11.1 Å². The lowest BCUT2D eigenvalue weighted by Gasteiger charge is -2.29.